The van der Waals surface area contributed by atoms with Gasteiger partial charge in [-0.05, 0) is 73.2 Å². The van der Waals surface area contributed by atoms with E-state index in [4.69, 9.17) is 37.4 Å². The monoisotopic (exact) mass is 706 g/mol. The molecule has 0 amide bonds. The first-order valence-electron chi connectivity index (χ1n) is 15.1. The van der Waals surface area contributed by atoms with Crippen molar-refractivity contribution in [2.75, 3.05) is 6.61 Å². The number of nitrogens with zero attached hydrogens (tertiary/aromatic N) is 6. The third kappa shape index (κ3) is 7.96. The zero-order valence-electron chi connectivity index (χ0n) is 26.0. The van der Waals surface area contributed by atoms with Crippen LogP contribution in [-0.4, -0.2) is 47.3 Å². The van der Waals surface area contributed by atoms with E-state index in [1.54, 1.807) is 53.5 Å². The van der Waals surface area contributed by atoms with Gasteiger partial charge in [0, 0.05) is 16.1 Å². The summed E-state index contributed by atoms with van der Waals surface area (Å²) in [5.41, 5.74) is -0.508. The van der Waals surface area contributed by atoms with Crippen molar-refractivity contribution >= 4 is 23.2 Å². The Labute approximate surface area is 290 Å². The number of aromatic nitrogens is 6. The SMILES string of the molecule is CC1COC(Cn2cncn2)(c2ccc(Oc3ccc(Cl)cc3)cc2Cl)O1.OC(Cn1cncn1)(c1ccc(F)cc1)c1ccccc1F. The van der Waals surface area contributed by atoms with Crippen molar-refractivity contribution in [3.05, 3.63) is 155 Å². The molecule has 0 spiro atoms. The molecule has 1 N–H and O–H groups in total. The van der Waals surface area contributed by atoms with Crippen LogP contribution >= 0.6 is 23.2 Å². The molecule has 1 saturated heterocycles. The lowest BCUT2D eigenvalue weighted by atomic mass is 9.86. The lowest BCUT2D eigenvalue weighted by molar-refractivity contribution is -0.186. The first-order valence-corrected chi connectivity index (χ1v) is 15.8. The van der Waals surface area contributed by atoms with Crippen LogP contribution in [0.15, 0.2) is 116 Å². The molecule has 3 atom stereocenters. The lowest BCUT2D eigenvalue weighted by Gasteiger charge is -2.29. The smallest absolute Gasteiger partial charge is 0.217 e. The van der Waals surface area contributed by atoms with Gasteiger partial charge >= 0.3 is 0 Å². The van der Waals surface area contributed by atoms with E-state index < -0.39 is 23.0 Å². The van der Waals surface area contributed by atoms with Gasteiger partial charge in [0.15, 0.2) is 0 Å². The lowest BCUT2D eigenvalue weighted by Crippen LogP contribution is -2.34. The van der Waals surface area contributed by atoms with Crippen LogP contribution in [0, 0.1) is 11.6 Å². The van der Waals surface area contributed by atoms with E-state index in [0.717, 1.165) is 0 Å². The second-order valence-corrected chi connectivity index (χ2v) is 12.1. The van der Waals surface area contributed by atoms with Gasteiger partial charge in [-0.2, -0.15) is 10.2 Å². The molecule has 10 nitrogen and oxygen atoms in total. The molecule has 2 aromatic heterocycles. The summed E-state index contributed by atoms with van der Waals surface area (Å²) in [4.78, 5) is 7.79. The van der Waals surface area contributed by atoms with Crippen LogP contribution in [0.4, 0.5) is 8.78 Å². The fourth-order valence-electron chi connectivity index (χ4n) is 5.39. The van der Waals surface area contributed by atoms with Gasteiger partial charge in [0.05, 0.1) is 24.3 Å². The molecule has 1 fully saturated rings. The molecule has 1 aliphatic rings. The minimum absolute atomic E-state index is 0.0421. The van der Waals surface area contributed by atoms with Crippen molar-refractivity contribution in [3.63, 3.8) is 0 Å². The first kappa shape index (κ1) is 34.2. The average Bonchev–Trinajstić information content (AvgIpc) is 3.87. The maximum Gasteiger partial charge on any atom is 0.217 e. The molecule has 7 rings (SSSR count). The Morgan fingerprint density at radius 1 is 0.898 bits per heavy atom. The van der Waals surface area contributed by atoms with E-state index in [1.807, 2.05) is 19.1 Å². The molecule has 0 radical (unpaired) electrons. The van der Waals surface area contributed by atoms with Crippen LogP contribution in [0.1, 0.15) is 23.6 Å². The van der Waals surface area contributed by atoms with Crippen LogP contribution in [0.2, 0.25) is 10.0 Å². The Bertz CT molecular complexity index is 1970. The van der Waals surface area contributed by atoms with E-state index in [-0.39, 0.29) is 18.2 Å². The van der Waals surface area contributed by atoms with Crippen molar-refractivity contribution in [3.8, 4) is 11.5 Å². The number of ether oxygens (including phenoxy) is 3. The maximum atomic E-state index is 14.2. The highest BCUT2D eigenvalue weighted by Gasteiger charge is 2.44. The van der Waals surface area contributed by atoms with E-state index >= 15 is 0 Å². The summed E-state index contributed by atoms with van der Waals surface area (Å²) in [5, 5.41) is 20.4. The predicted molar refractivity (Wildman–Crippen MR) is 177 cm³/mol. The van der Waals surface area contributed by atoms with E-state index in [9.17, 15) is 13.9 Å². The predicted octanol–water partition coefficient (Wildman–Crippen LogP) is 7.16. The van der Waals surface area contributed by atoms with Gasteiger partial charge in [-0.3, -0.25) is 0 Å². The molecule has 252 valence electrons. The highest BCUT2D eigenvalue weighted by atomic mass is 35.5. The molecule has 49 heavy (non-hydrogen) atoms. The van der Waals surface area contributed by atoms with Gasteiger partial charge in [-0.25, -0.2) is 28.1 Å². The molecule has 14 heteroatoms. The number of aliphatic hydroxyl groups is 1. The van der Waals surface area contributed by atoms with E-state index in [2.05, 4.69) is 20.2 Å². The molecule has 0 saturated carbocycles. The molecule has 0 bridgehead atoms. The van der Waals surface area contributed by atoms with Crippen LogP contribution in [0.3, 0.4) is 0 Å². The minimum atomic E-state index is -1.69. The molecule has 1 aliphatic heterocycles. The topological polar surface area (TPSA) is 109 Å². The Kier molecular flexibility index (Phi) is 10.3. The summed E-state index contributed by atoms with van der Waals surface area (Å²) in [6, 6.07) is 23.8. The zero-order valence-corrected chi connectivity index (χ0v) is 27.5. The summed E-state index contributed by atoms with van der Waals surface area (Å²) in [6.45, 7) is 2.72. The van der Waals surface area contributed by atoms with Crippen molar-refractivity contribution in [1.82, 2.24) is 29.5 Å². The van der Waals surface area contributed by atoms with Crippen LogP contribution in [0.5, 0.6) is 11.5 Å². The molecular weight excluding hydrogens is 677 g/mol. The van der Waals surface area contributed by atoms with Gasteiger partial charge < -0.3 is 19.3 Å². The zero-order chi connectivity index (χ0) is 34.4. The van der Waals surface area contributed by atoms with Crippen LogP contribution in [-0.2, 0) is 34.0 Å². The third-order valence-corrected chi connectivity index (χ3v) is 8.24. The number of hydrogen-bond acceptors (Lipinski definition) is 8. The quantitative estimate of drug-likeness (QED) is 0.169. The highest BCUT2D eigenvalue weighted by molar-refractivity contribution is 6.31. The fourth-order valence-corrected chi connectivity index (χ4v) is 5.83. The fraction of sp³-hybridized carbons (Fsp3) is 0.200. The third-order valence-electron chi connectivity index (χ3n) is 7.68. The van der Waals surface area contributed by atoms with Crippen molar-refractivity contribution in [2.24, 2.45) is 0 Å². The standard InChI is InChI=1S/C19H17Cl2N3O3.C16H13F2N3O/c1-13-9-25-19(27-13,10-24-12-22-11-23-24)17-7-6-16(8-18(17)21)26-15-4-2-14(20)3-5-15;17-13-7-5-12(6-8-13)16(22,9-21-11-19-10-20-21)14-3-1-2-4-15(14)18/h2-8,11-13H,9-10H2,1H3;1-8,10-11,22H,9H2. The second kappa shape index (κ2) is 14.8. The molecule has 3 unspecified atom stereocenters. The summed E-state index contributed by atoms with van der Waals surface area (Å²) in [6.07, 6.45) is 5.77. The summed E-state index contributed by atoms with van der Waals surface area (Å²) >= 11 is 12.5. The second-order valence-electron chi connectivity index (χ2n) is 11.2. The van der Waals surface area contributed by atoms with Crippen molar-refractivity contribution in [1.29, 1.82) is 0 Å². The summed E-state index contributed by atoms with van der Waals surface area (Å²) in [5.74, 6) is -0.728. The first-order chi connectivity index (χ1) is 23.6. The average molecular weight is 708 g/mol. The van der Waals surface area contributed by atoms with Crippen LogP contribution in [0.25, 0.3) is 0 Å². The maximum absolute atomic E-state index is 14.2. The highest BCUT2D eigenvalue weighted by Crippen LogP contribution is 2.41. The largest absolute Gasteiger partial charge is 0.457 e. The summed E-state index contributed by atoms with van der Waals surface area (Å²) < 4.78 is 48.4. The van der Waals surface area contributed by atoms with Gasteiger partial charge in [0.25, 0.3) is 0 Å². The number of benzene rings is 4. The van der Waals surface area contributed by atoms with Crippen LogP contribution < -0.4 is 4.74 Å². The molecule has 4 aromatic carbocycles. The Balaban J connectivity index is 0.000000174. The molecule has 6 aromatic rings. The minimum Gasteiger partial charge on any atom is -0.457 e. The van der Waals surface area contributed by atoms with Gasteiger partial charge in [0.1, 0.15) is 60.6 Å². The Morgan fingerprint density at radius 2 is 1.57 bits per heavy atom. The van der Waals surface area contributed by atoms with Gasteiger partial charge in [0.2, 0.25) is 5.79 Å². The number of hydrogen-bond donors (Lipinski definition) is 1. The van der Waals surface area contributed by atoms with Gasteiger partial charge in [-0.15, -0.1) is 0 Å². The normalized spacial score (nSPS) is 18.4. The Morgan fingerprint density at radius 3 is 2.18 bits per heavy atom. The van der Waals surface area contributed by atoms with Crippen molar-refractivity contribution in [2.45, 2.75) is 37.5 Å². The van der Waals surface area contributed by atoms with E-state index in [1.165, 1.54) is 60.1 Å². The Hall–Kier alpha value is -4.72. The molecular formula is C35H30Cl2F2N6O4. The van der Waals surface area contributed by atoms with Gasteiger partial charge in [-0.1, -0.05) is 53.5 Å². The number of rotatable bonds is 9. The molecule has 3 heterocycles. The van der Waals surface area contributed by atoms with Crippen molar-refractivity contribution < 1.29 is 28.1 Å². The van der Waals surface area contributed by atoms with E-state index in [0.29, 0.717) is 45.8 Å². The number of halogens is 4. The summed E-state index contributed by atoms with van der Waals surface area (Å²) in [7, 11) is 0. The molecule has 0 aliphatic carbocycles.